The van der Waals surface area contributed by atoms with E-state index in [1.807, 2.05) is 6.92 Å². The van der Waals surface area contributed by atoms with Crippen LogP contribution >= 0.6 is 0 Å². The summed E-state index contributed by atoms with van der Waals surface area (Å²) < 4.78 is 9.84. The van der Waals surface area contributed by atoms with E-state index in [9.17, 15) is 14.4 Å². The maximum Gasteiger partial charge on any atom is 0.326 e. The Morgan fingerprint density at radius 2 is 2.14 bits per heavy atom. The lowest BCUT2D eigenvalue weighted by molar-refractivity contribution is -0.142. The molecule has 0 bridgehead atoms. The van der Waals surface area contributed by atoms with Crippen LogP contribution in [0.5, 0.6) is 0 Å². The molecule has 1 fully saturated rings. The Morgan fingerprint density at radius 3 is 2.62 bits per heavy atom. The quantitative estimate of drug-likeness (QED) is 0.680. The molecule has 21 heavy (non-hydrogen) atoms. The van der Waals surface area contributed by atoms with Gasteiger partial charge in [-0.15, -0.1) is 0 Å². The Labute approximate surface area is 123 Å². The van der Waals surface area contributed by atoms with Gasteiger partial charge in [-0.05, 0) is 19.8 Å². The molecule has 1 heterocycles. The van der Waals surface area contributed by atoms with Gasteiger partial charge in [-0.25, -0.2) is 9.59 Å². The topological polar surface area (TPSA) is 105 Å². The van der Waals surface area contributed by atoms with Crippen molar-refractivity contribution in [1.29, 1.82) is 0 Å². The number of ether oxygens (including phenoxy) is 2. The standard InChI is InChI=1S/C13H22N2O6/c1-8-10(6-7-21-8)15(2)13(19)14-9(12(17)18)4-5-11(16)20-3/h8-10H,4-7H2,1-3H3,(H,14,19)(H,17,18)/t8?,9-,10?/m1/s1. The van der Waals surface area contributed by atoms with E-state index in [2.05, 4.69) is 10.1 Å². The number of carboxylic acid groups (broad SMARTS) is 1. The number of carboxylic acids is 1. The van der Waals surface area contributed by atoms with Gasteiger partial charge in [0, 0.05) is 20.1 Å². The number of urea groups is 1. The van der Waals surface area contributed by atoms with Crippen LogP contribution in [0.2, 0.25) is 0 Å². The molecule has 0 aromatic rings. The van der Waals surface area contributed by atoms with Crippen molar-refractivity contribution < 1.29 is 29.0 Å². The lowest BCUT2D eigenvalue weighted by Gasteiger charge is -2.28. The molecule has 2 unspecified atom stereocenters. The molecular formula is C13H22N2O6. The Bertz CT molecular complexity index is 400. The summed E-state index contributed by atoms with van der Waals surface area (Å²) >= 11 is 0. The van der Waals surface area contributed by atoms with E-state index < -0.39 is 24.0 Å². The number of carbonyl (C=O) groups is 3. The number of aliphatic carboxylic acids is 1. The predicted octanol–water partition coefficient (Wildman–Crippen LogP) is 0.212. The Kier molecular flexibility index (Phi) is 6.41. The van der Waals surface area contributed by atoms with Crippen LogP contribution in [0.3, 0.4) is 0 Å². The molecule has 8 heteroatoms. The van der Waals surface area contributed by atoms with Crippen LogP contribution in [-0.4, -0.2) is 66.9 Å². The smallest absolute Gasteiger partial charge is 0.326 e. The summed E-state index contributed by atoms with van der Waals surface area (Å²) in [6.07, 6.45) is 0.544. The largest absolute Gasteiger partial charge is 0.480 e. The van der Waals surface area contributed by atoms with Crippen molar-refractivity contribution in [2.45, 2.75) is 44.4 Å². The summed E-state index contributed by atoms with van der Waals surface area (Å²) in [6, 6.07) is -1.70. The van der Waals surface area contributed by atoms with Gasteiger partial charge in [-0.2, -0.15) is 0 Å². The highest BCUT2D eigenvalue weighted by Crippen LogP contribution is 2.18. The maximum absolute atomic E-state index is 12.1. The highest BCUT2D eigenvalue weighted by Gasteiger charge is 2.32. The van der Waals surface area contributed by atoms with Gasteiger partial charge in [-0.3, -0.25) is 4.79 Å². The first kappa shape index (κ1) is 17.2. The molecule has 0 spiro atoms. The number of methoxy groups -OCH3 is 1. The average Bonchev–Trinajstić information content (AvgIpc) is 2.87. The van der Waals surface area contributed by atoms with Crippen molar-refractivity contribution in [1.82, 2.24) is 10.2 Å². The molecule has 2 amide bonds. The maximum atomic E-state index is 12.1. The highest BCUT2D eigenvalue weighted by atomic mass is 16.5. The molecule has 120 valence electrons. The van der Waals surface area contributed by atoms with Gasteiger partial charge < -0.3 is 24.8 Å². The van der Waals surface area contributed by atoms with E-state index in [-0.39, 0.29) is 25.0 Å². The van der Waals surface area contributed by atoms with Gasteiger partial charge >= 0.3 is 18.0 Å². The molecule has 0 radical (unpaired) electrons. The molecular weight excluding hydrogens is 280 g/mol. The fourth-order valence-electron chi connectivity index (χ4n) is 2.25. The first-order chi connectivity index (χ1) is 9.86. The molecule has 1 aliphatic rings. The van der Waals surface area contributed by atoms with Crippen LogP contribution in [0.1, 0.15) is 26.2 Å². The summed E-state index contributed by atoms with van der Waals surface area (Å²) in [6.45, 7) is 2.45. The number of likely N-dealkylation sites (N-methyl/N-ethyl adjacent to an activating group) is 1. The first-order valence-electron chi connectivity index (χ1n) is 6.81. The van der Waals surface area contributed by atoms with E-state index in [1.165, 1.54) is 12.0 Å². The third-order valence-electron chi connectivity index (χ3n) is 3.61. The Balaban J connectivity index is 2.55. The molecule has 0 aliphatic carbocycles. The van der Waals surface area contributed by atoms with Crippen molar-refractivity contribution in [2.24, 2.45) is 0 Å². The zero-order valence-corrected chi connectivity index (χ0v) is 12.5. The zero-order valence-electron chi connectivity index (χ0n) is 12.5. The van der Waals surface area contributed by atoms with E-state index in [0.29, 0.717) is 13.0 Å². The van der Waals surface area contributed by atoms with Gasteiger partial charge in [-0.1, -0.05) is 0 Å². The minimum atomic E-state index is -1.18. The SMILES string of the molecule is COC(=O)CC[C@@H](NC(=O)N(C)C1CCOC1C)C(=O)O. The first-order valence-corrected chi connectivity index (χ1v) is 6.81. The van der Waals surface area contributed by atoms with Crippen LogP contribution < -0.4 is 5.32 Å². The summed E-state index contributed by atoms with van der Waals surface area (Å²) in [5.74, 6) is -1.70. The van der Waals surface area contributed by atoms with Gasteiger partial charge in [0.25, 0.3) is 0 Å². The van der Waals surface area contributed by atoms with Crippen molar-refractivity contribution >= 4 is 18.0 Å². The number of esters is 1. The number of nitrogens with zero attached hydrogens (tertiary/aromatic N) is 1. The number of rotatable bonds is 6. The molecule has 0 aromatic heterocycles. The van der Waals surface area contributed by atoms with Crippen molar-refractivity contribution in [3.05, 3.63) is 0 Å². The second kappa shape index (κ2) is 7.82. The number of carbonyl (C=O) groups excluding carboxylic acids is 2. The van der Waals surface area contributed by atoms with Gasteiger partial charge in [0.15, 0.2) is 0 Å². The number of hydrogen-bond acceptors (Lipinski definition) is 5. The fourth-order valence-corrected chi connectivity index (χ4v) is 2.25. The van der Waals surface area contributed by atoms with E-state index in [4.69, 9.17) is 9.84 Å². The van der Waals surface area contributed by atoms with Crippen LogP contribution in [0.4, 0.5) is 4.79 Å². The van der Waals surface area contributed by atoms with Crippen molar-refractivity contribution in [3.8, 4) is 0 Å². The Hall–Kier alpha value is -1.83. The average molecular weight is 302 g/mol. The fraction of sp³-hybridized carbons (Fsp3) is 0.769. The number of nitrogens with one attached hydrogen (secondary N) is 1. The molecule has 0 saturated carbocycles. The van der Waals surface area contributed by atoms with E-state index in [1.54, 1.807) is 7.05 Å². The van der Waals surface area contributed by atoms with Gasteiger partial charge in [0.1, 0.15) is 6.04 Å². The van der Waals surface area contributed by atoms with Crippen LogP contribution in [0, 0.1) is 0 Å². The Morgan fingerprint density at radius 1 is 1.48 bits per heavy atom. The molecule has 0 aromatic carbocycles. The van der Waals surface area contributed by atoms with Crippen LogP contribution in [-0.2, 0) is 19.1 Å². The molecule has 8 nitrogen and oxygen atoms in total. The lowest BCUT2D eigenvalue weighted by Crippen LogP contribution is -2.51. The molecule has 1 aliphatic heterocycles. The third-order valence-corrected chi connectivity index (χ3v) is 3.61. The second-order valence-electron chi connectivity index (χ2n) is 5.00. The second-order valence-corrected chi connectivity index (χ2v) is 5.00. The number of amides is 2. The van der Waals surface area contributed by atoms with Crippen LogP contribution in [0.15, 0.2) is 0 Å². The monoisotopic (exact) mass is 302 g/mol. The van der Waals surface area contributed by atoms with E-state index in [0.717, 1.165) is 0 Å². The molecule has 2 N–H and O–H groups in total. The van der Waals surface area contributed by atoms with Gasteiger partial charge in [0.2, 0.25) is 0 Å². The lowest BCUT2D eigenvalue weighted by atomic mass is 10.1. The minimum absolute atomic E-state index is 0.0156. The summed E-state index contributed by atoms with van der Waals surface area (Å²) in [7, 11) is 2.83. The summed E-state index contributed by atoms with van der Waals surface area (Å²) in [5, 5.41) is 11.5. The highest BCUT2D eigenvalue weighted by molar-refractivity contribution is 5.83. The third kappa shape index (κ3) is 4.89. The molecule has 1 saturated heterocycles. The normalized spacial score (nSPS) is 22.4. The van der Waals surface area contributed by atoms with Crippen molar-refractivity contribution in [3.63, 3.8) is 0 Å². The predicted molar refractivity (Wildman–Crippen MR) is 72.8 cm³/mol. The van der Waals surface area contributed by atoms with Crippen LogP contribution in [0.25, 0.3) is 0 Å². The van der Waals surface area contributed by atoms with E-state index >= 15 is 0 Å². The summed E-state index contributed by atoms with van der Waals surface area (Å²) in [5.41, 5.74) is 0. The molecule has 3 atom stereocenters. The van der Waals surface area contributed by atoms with Crippen molar-refractivity contribution in [2.75, 3.05) is 20.8 Å². The molecule has 1 rings (SSSR count). The summed E-state index contributed by atoms with van der Waals surface area (Å²) in [4.78, 5) is 35.7. The minimum Gasteiger partial charge on any atom is -0.480 e. The van der Waals surface area contributed by atoms with Gasteiger partial charge in [0.05, 0.1) is 19.3 Å². The number of hydrogen-bond donors (Lipinski definition) is 2. The zero-order chi connectivity index (χ0) is 16.0.